The van der Waals surface area contributed by atoms with Gasteiger partial charge < -0.3 is 0 Å². The van der Waals surface area contributed by atoms with Gasteiger partial charge in [0.1, 0.15) is 6.29 Å². The molecule has 0 aromatic heterocycles. The van der Waals surface area contributed by atoms with Gasteiger partial charge in [0, 0.05) is 12.4 Å². The summed E-state index contributed by atoms with van der Waals surface area (Å²) in [4.78, 5) is 13.8. The minimum absolute atomic E-state index is 0.697. The highest BCUT2D eigenvalue weighted by atomic mass is 16.1. The molecule has 0 radical (unpaired) electrons. The lowest BCUT2D eigenvalue weighted by Crippen LogP contribution is -1.76. The summed E-state index contributed by atoms with van der Waals surface area (Å²) in [6.45, 7) is 0. The predicted octanol–water partition coefficient (Wildman–Crippen LogP) is 1.82. The average Bonchev–Trinajstić information content (AvgIpc) is 2.14. The van der Waals surface area contributed by atoms with Crippen molar-refractivity contribution in [1.82, 2.24) is 0 Å². The van der Waals surface area contributed by atoms with Crippen LogP contribution in [0.25, 0.3) is 0 Å². The maximum Gasteiger partial charge on any atom is 0.144 e. The van der Waals surface area contributed by atoms with Gasteiger partial charge in [0.2, 0.25) is 0 Å². The Morgan fingerprint density at radius 3 is 2.58 bits per heavy atom. The monoisotopic (exact) mass is 159 g/mol. The maximum absolute atomic E-state index is 9.86. The standard InChI is InChI=1S/C10H9NO/c12-8-4-7-11-9-10-5-2-1-3-6-10/h1-9H/b7-4+,11-9?. The molecular weight excluding hydrogens is 150 g/mol. The number of rotatable bonds is 3. The molecular formula is C10H9NO. The van der Waals surface area contributed by atoms with Crippen LogP contribution in [0.3, 0.4) is 0 Å². The summed E-state index contributed by atoms with van der Waals surface area (Å²) in [5.41, 5.74) is 1.02. The first-order valence-corrected chi connectivity index (χ1v) is 3.62. The highest BCUT2D eigenvalue weighted by molar-refractivity contribution is 5.80. The van der Waals surface area contributed by atoms with Gasteiger partial charge in [0.15, 0.2) is 0 Å². The van der Waals surface area contributed by atoms with Crippen molar-refractivity contribution in [3.8, 4) is 0 Å². The van der Waals surface area contributed by atoms with Gasteiger partial charge >= 0.3 is 0 Å². The van der Waals surface area contributed by atoms with Crippen LogP contribution in [0.5, 0.6) is 0 Å². The molecule has 0 fully saturated rings. The Morgan fingerprint density at radius 1 is 1.17 bits per heavy atom. The number of aldehydes is 1. The molecule has 12 heavy (non-hydrogen) atoms. The lowest BCUT2D eigenvalue weighted by Gasteiger charge is -1.86. The van der Waals surface area contributed by atoms with E-state index in [9.17, 15) is 4.79 Å². The second-order valence-electron chi connectivity index (χ2n) is 2.17. The third kappa shape index (κ3) is 2.92. The van der Waals surface area contributed by atoms with E-state index in [0.29, 0.717) is 6.29 Å². The minimum atomic E-state index is 0.697. The van der Waals surface area contributed by atoms with Crippen LogP contribution in [-0.2, 0) is 4.79 Å². The Balaban J connectivity index is 2.58. The minimum Gasteiger partial charge on any atom is -0.299 e. The Morgan fingerprint density at radius 2 is 1.92 bits per heavy atom. The van der Waals surface area contributed by atoms with Crippen molar-refractivity contribution in [3.63, 3.8) is 0 Å². The summed E-state index contributed by atoms with van der Waals surface area (Å²) in [6.07, 6.45) is 5.20. The fourth-order valence-corrected chi connectivity index (χ4v) is 0.753. The van der Waals surface area contributed by atoms with E-state index in [-0.39, 0.29) is 0 Å². The van der Waals surface area contributed by atoms with Gasteiger partial charge in [-0.05, 0) is 11.6 Å². The maximum atomic E-state index is 9.86. The van der Waals surface area contributed by atoms with Crippen LogP contribution in [0, 0.1) is 0 Å². The van der Waals surface area contributed by atoms with Gasteiger partial charge in [-0.15, -0.1) is 0 Å². The summed E-state index contributed by atoms with van der Waals surface area (Å²) < 4.78 is 0. The molecule has 2 nitrogen and oxygen atoms in total. The van der Waals surface area contributed by atoms with E-state index in [1.54, 1.807) is 6.21 Å². The molecule has 0 saturated heterocycles. The third-order valence-electron chi connectivity index (χ3n) is 1.27. The van der Waals surface area contributed by atoms with E-state index in [2.05, 4.69) is 4.99 Å². The largest absolute Gasteiger partial charge is 0.299 e. The van der Waals surface area contributed by atoms with Crippen LogP contribution in [0.4, 0.5) is 0 Å². The van der Waals surface area contributed by atoms with Crippen molar-refractivity contribution < 1.29 is 4.79 Å². The van der Waals surface area contributed by atoms with Crippen LogP contribution in [0.15, 0.2) is 47.6 Å². The number of carbonyl (C=O) groups excluding carboxylic acids is 1. The molecule has 1 aromatic carbocycles. The van der Waals surface area contributed by atoms with E-state index < -0.39 is 0 Å². The number of allylic oxidation sites excluding steroid dienone is 1. The fraction of sp³-hybridized carbons (Fsp3) is 0. The number of benzene rings is 1. The number of carbonyl (C=O) groups is 1. The smallest absolute Gasteiger partial charge is 0.144 e. The molecule has 0 N–H and O–H groups in total. The van der Waals surface area contributed by atoms with E-state index in [4.69, 9.17) is 0 Å². The van der Waals surface area contributed by atoms with Crippen LogP contribution in [0.2, 0.25) is 0 Å². The molecule has 0 heterocycles. The molecule has 0 spiro atoms. The summed E-state index contributed by atoms with van der Waals surface area (Å²) in [5, 5.41) is 0. The molecule has 2 heteroatoms. The average molecular weight is 159 g/mol. The quantitative estimate of drug-likeness (QED) is 0.376. The molecule has 1 aromatic rings. The third-order valence-corrected chi connectivity index (χ3v) is 1.27. The highest BCUT2D eigenvalue weighted by Crippen LogP contribution is 1.93. The second-order valence-corrected chi connectivity index (χ2v) is 2.17. The Bertz CT molecular complexity index is 288. The Labute approximate surface area is 71.3 Å². The molecule has 0 atom stereocenters. The molecule has 0 unspecified atom stereocenters. The number of nitrogens with zero attached hydrogens (tertiary/aromatic N) is 1. The van der Waals surface area contributed by atoms with Crippen molar-refractivity contribution in [3.05, 3.63) is 48.2 Å². The van der Waals surface area contributed by atoms with Crippen molar-refractivity contribution >= 4 is 12.5 Å². The van der Waals surface area contributed by atoms with Crippen LogP contribution in [-0.4, -0.2) is 12.5 Å². The van der Waals surface area contributed by atoms with Crippen LogP contribution < -0.4 is 0 Å². The normalized spacial score (nSPS) is 11.0. The van der Waals surface area contributed by atoms with Gasteiger partial charge in [0.05, 0.1) is 0 Å². The zero-order valence-electron chi connectivity index (χ0n) is 6.55. The Hall–Kier alpha value is -1.70. The highest BCUT2D eigenvalue weighted by Gasteiger charge is 1.80. The van der Waals surface area contributed by atoms with E-state index >= 15 is 0 Å². The topological polar surface area (TPSA) is 29.4 Å². The first-order chi connectivity index (χ1) is 5.93. The van der Waals surface area contributed by atoms with E-state index in [1.807, 2.05) is 30.3 Å². The molecule has 0 saturated carbocycles. The van der Waals surface area contributed by atoms with Crippen molar-refractivity contribution in [2.24, 2.45) is 4.99 Å². The van der Waals surface area contributed by atoms with Gasteiger partial charge in [-0.25, -0.2) is 0 Å². The zero-order valence-corrected chi connectivity index (χ0v) is 6.55. The molecule has 0 aliphatic rings. The lowest BCUT2D eigenvalue weighted by atomic mass is 10.2. The number of hydrogen-bond acceptors (Lipinski definition) is 2. The van der Waals surface area contributed by atoms with E-state index in [0.717, 1.165) is 5.56 Å². The second kappa shape index (κ2) is 5.02. The van der Waals surface area contributed by atoms with E-state index in [1.165, 1.54) is 12.3 Å². The number of aliphatic imine (C=N–C) groups is 1. The Kier molecular flexibility index (Phi) is 3.51. The van der Waals surface area contributed by atoms with Crippen LogP contribution in [0.1, 0.15) is 5.56 Å². The first-order valence-electron chi connectivity index (χ1n) is 3.62. The van der Waals surface area contributed by atoms with Gasteiger partial charge in [-0.1, -0.05) is 30.3 Å². The zero-order chi connectivity index (χ0) is 8.65. The van der Waals surface area contributed by atoms with Crippen molar-refractivity contribution in [1.29, 1.82) is 0 Å². The molecule has 0 aliphatic carbocycles. The molecule has 0 amide bonds. The molecule has 1 rings (SSSR count). The van der Waals surface area contributed by atoms with Gasteiger partial charge in [-0.3, -0.25) is 9.79 Å². The van der Waals surface area contributed by atoms with Crippen molar-refractivity contribution in [2.45, 2.75) is 0 Å². The molecule has 60 valence electrons. The van der Waals surface area contributed by atoms with Crippen molar-refractivity contribution in [2.75, 3.05) is 0 Å². The predicted molar refractivity (Wildman–Crippen MR) is 49.2 cm³/mol. The molecule has 0 bridgehead atoms. The molecule has 0 aliphatic heterocycles. The van der Waals surface area contributed by atoms with Crippen LogP contribution >= 0.6 is 0 Å². The van der Waals surface area contributed by atoms with Gasteiger partial charge in [0.25, 0.3) is 0 Å². The number of hydrogen-bond donors (Lipinski definition) is 0. The summed E-state index contributed by atoms with van der Waals surface area (Å²) in [6, 6.07) is 9.70. The SMILES string of the molecule is O=C/C=C/N=Cc1ccccc1. The first kappa shape index (κ1) is 8.40. The summed E-state index contributed by atoms with van der Waals surface area (Å²) in [7, 11) is 0. The van der Waals surface area contributed by atoms with Gasteiger partial charge in [-0.2, -0.15) is 0 Å². The lowest BCUT2D eigenvalue weighted by molar-refractivity contribution is -0.104. The summed E-state index contributed by atoms with van der Waals surface area (Å²) in [5.74, 6) is 0. The summed E-state index contributed by atoms with van der Waals surface area (Å²) >= 11 is 0. The fourth-order valence-electron chi connectivity index (χ4n) is 0.753.